The molecule has 1 N–H and O–H groups in total. The van der Waals surface area contributed by atoms with E-state index in [1.165, 1.54) is 30.5 Å². The Hall–Kier alpha value is -4.02. The number of aromatic nitrogens is 3. The zero-order chi connectivity index (χ0) is 22.3. The number of rotatable bonds is 3. The molecule has 11 heteroatoms. The minimum absolute atomic E-state index is 0.0543. The number of nitrogens with one attached hydrogen (secondary N) is 1. The molecule has 0 radical (unpaired) electrons. The first-order valence-corrected chi connectivity index (χ1v) is 9.83. The lowest BCUT2D eigenvalue weighted by Crippen LogP contribution is -2.50. The van der Waals surface area contributed by atoms with Gasteiger partial charge in [0.15, 0.2) is 17.1 Å². The topological polar surface area (TPSA) is 101 Å². The van der Waals surface area contributed by atoms with Gasteiger partial charge in [-0.1, -0.05) is 6.07 Å². The van der Waals surface area contributed by atoms with Gasteiger partial charge in [0.1, 0.15) is 0 Å². The van der Waals surface area contributed by atoms with Crippen LogP contribution in [0, 0.1) is 0 Å². The van der Waals surface area contributed by atoms with Crippen LogP contribution in [0.4, 0.5) is 8.78 Å². The van der Waals surface area contributed by atoms with Gasteiger partial charge in [-0.25, -0.2) is 4.98 Å². The molecule has 4 heterocycles. The second-order valence-electron chi connectivity index (χ2n) is 7.36. The first-order chi connectivity index (χ1) is 15.4. The number of pyridine rings is 1. The first-order valence-electron chi connectivity index (χ1n) is 9.83. The summed E-state index contributed by atoms with van der Waals surface area (Å²) in [6.45, 7) is 1.54. The number of hydrogen-bond donors (Lipinski definition) is 1. The van der Waals surface area contributed by atoms with Crippen LogP contribution in [0.15, 0.2) is 42.7 Å². The number of halogens is 2. The Morgan fingerprint density at radius 1 is 1.03 bits per heavy atom. The summed E-state index contributed by atoms with van der Waals surface area (Å²) in [4.78, 5) is 32.7. The van der Waals surface area contributed by atoms with Crippen molar-refractivity contribution in [3.05, 3.63) is 53.9 Å². The van der Waals surface area contributed by atoms with E-state index in [1.807, 2.05) is 0 Å². The second-order valence-corrected chi connectivity index (χ2v) is 7.36. The van der Waals surface area contributed by atoms with Crippen LogP contribution < -0.4 is 9.47 Å². The van der Waals surface area contributed by atoms with Crippen LogP contribution in [0.2, 0.25) is 0 Å². The molecule has 1 fully saturated rings. The van der Waals surface area contributed by atoms with E-state index in [9.17, 15) is 18.4 Å². The van der Waals surface area contributed by atoms with Crippen LogP contribution in [-0.4, -0.2) is 69.3 Å². The van der Waals surface area contributed by atoms with Crippen molar-refractivity contribution < 1.29 is 27.8 Å². The van der Waals surface area contributed by atoms with Crippen LogP contribution >= 0.6 is 0 Å². The van der Waals surface area contributed by atoms with Gasteiger partial charge in [-0.05, 0) is 29.8 Å². The molecule has 0 saturated carbocycles. The molecule has 0 aliphatic carbocycles. The van der Waals surface area contributed by atoms with Crippen molar-refractivity contribution in [3.63, 3.8) is 0 Å². The molecule has 5 rings (SSSR count). The summed E-state index contributed by atoms with van der Waals surface area (Å²) in [6.07, 6.45) is 2.31. The molecule has 2 aromatic heterocycles. The molecule has 2 aliphatic rings. The standard InChI is InChI=1S/C21H17F2N5O4/c22-21(23)31-16-3-1-13(9-17(16)32-21)2-4-18(29)27-5-7-28(8-6-27)20(30)15-10-14-12-25-26-19(14)24-11-15/h1-4,9-12H,5-8H2,(H,24,25,26)/b4-2+. The zero-order valence-electron chi connectivity index (χ0n) is 16.6. The molecule has 32 heavy (non-hydrogen) atoms. The second kappa shape index (κ2) is 7.59. The number of nitrogens with zero attached hydrogens (tertiary/aromatic N) is 4. The van der Waals surface area contributed by atoms with Crippen LogP contribution in [0.25, 0.3) is 17.1 Å². The molecule has 9 nitrogen and oxygen atoms in total. The van der Waals surface area contributed by atoms with Gasteiger partial charge in [-0.2, -0.15) is 5.10 Å². The van der Waals surface area contributed by atoms with Gasteiger partial charge in [-0.3, -0.25) is 14.7 Å². The number of hydrogen-bond acceptors (Lipinski definition) is 6. The Morgan fingerprint density at radius 3 is 2.59 bits per heavy atom. The highest BCUT2D eigenvalue weighted by atomic mass is 19.3. The summed E-state index contributed by atoms with van der Waals surface area (Å²) in [5.74, 6) is -0.525. The van der Waals surface area contributed by atoms with Gasteiger partial charge in [0.05, 0.1) is 11.8 Å². The Kier molecular flexibility index (Phi) is 4.72. The molecule has 0 spiro atoms. The lowest BCUT2D eigenvalue weighted by atomic mass is 10.1. The first kappa shape index (κ1) is 19.9. The van der Waals surface area contributed by atoms with Gasteiger partial charge in [0.2, 0.25) is 5.91 Å². The molecular weight excluding hydrogens is 424 g/mol. The van der Waals surface area contributed by atoms with Crippen molar-refractivity contribution in [2.24, 2.45) is 0 Å². The molecule has 1 saturated heterocycles. The van der Waals surface area contributed by atoms with E-state index < -0.39 is 6.29 Å². The third-order valence-corrected chi connectivity index (χ3v) is 5.26. The zero-order valence-corrected chi connectivity index (χ0v) is 16.6. The van der Waals surface area contributed by atoms with E-state index >= 15 is 0 Å². The van der Waals surface area contributed by atoms with Gasteiger partial charge in [0, 0.05) is 43.8 Å². The maximum atomic E-state index is 13.1. The van der Waals surface area contributed by atoms with E-state index in [4.69, 9.17) is 0 Å². The van der Waals surface area contributed by atoms with Crippen molar-refractivity contribution in [2.75, 3.05) is 26.2 Å². The van der Waals surface area contributed by atoms with E-state index in [2.05, 4.69) is 24.7 Å². The van der Waals surface area contributed by atoms with Crippen LogP contribution in [0.3, 0.4) is 0 Å². The minimum Gasteiger partial charge on any atom is -0.395 e. The number of piperazine rings is 1. The van der Waals surface area contributed by atoms with Crippen LogP contribution in [0.1, 0.15) is 15.9 Å². The summed E-state index contributed by atoms with van der Waals surface area (Å²) in [5, 5.41) is 7.39. The highest BCUT2D eigenvalue weighted by molar-refractivity contribution is 5.97. The van der Waals surface area contributed by atoms with E-state index in [1.54, 1.807) is 28.1 Å². The number of aromatic amines is 1. The lowest BCUT2D eigenvalue weighted by Gasteiger charge is -2.34. The number of carbonyl (C=O) groups is 2. The Balaban J connectivity index is 1.18. The third kappa shape index (κ3) is 3.84. The van der Waals surface area contributed by atoms with Gasteiger partial charge >= 0.3 is 6.29 Å². The molecule has 1 aromatic carbocycles. The van der Waals surface area contributed by atoms with Crippen LogP contribution in [0.5, 0.6) is 11.5 Å². The van der Waals surface area contributed by atoms with Crippen molar-refractivity contribution in [1.29, 1.82) is 0 Å². The fraction of sp³-hybridized carbons (Fsp3) is 0.238. The number of ether oxygens (including phenoxy) is 2. The lowest BCUT2D eigenvalue weighted by molar-refractivity contribution is -0.286. The van der Waals surface area contributed by atoms with Gasteiger partial charge in [0.25, 0.3) is 5.91 Å². The highest BCUT2D eigenvalue weighted by Crippen LogP contribution is 2.41. The summed E-state index contributed by atoms with van der Waals surface area (Å²) in [6, 6.07) is 6.02. The third-order valence-electron chi connectivity index (χ3n) is 5.26. The van der Waals surface area contributed by atoms with E-state index in [0.29, 0.717) is 43.0 Å². The number of carbonyl (C=O) groups excluding carboxylic acids is 2. The molecule has 2 aliphatic heterocycles. The molecular formula is C21H17F2N5O4. The quantitative estimate of drug-likeness (QED) is 0.626. The van der Waals surface area contributed by atoms with Gasteiger partial charge < -0.3 is 19.3 Å². The average molecular weight is 441 g/mol. The maximum Gasteiger partial charge on any atom is 0.586 e. The molecule has 0 atom stereocenters. The van der Waals surface area contributed by atoms with Crippen LogP contribution in [-0.2, 0) is 4.79 Å². The van der Waals surface area contributed by atoms with Crippen molar-refractivity contribution in [1.82, 2.24) is 25.0 Å². The van der Waals surface area contributed by atoms with E-state index in [0.717, 1.165) is 5.39 Å². The number of amides is 2. The van der Waals surface area contributed by atoms with Crippen molar-refractivity contribution >= 4 is 28.9 Å². The fourth-order valence-electron chi connectivity index (χ4n) is 3.61. The normalized spacial score (nSPS) is 17.3. The van der Waals surface area contributed by atoms with Crippen molar-refractivity contribution in [3.8, 4) is 11.5 Å². The smallest absolute Gasteiger partial charge is 0.395 e. The minimum atomic E-state index is -3.68. The molecule has 164 valence electrons. The predicted octanol–water partition coefficient (Wildman–Crippen LogP) is 2.28. The van der Waals surface area contributed by atoms with Crippen molar-refractivity contribution in [2.45, 2.75) is 6.29 Å². The van der Waals surface area contributed by atoms with Gasteiger partial charge in [-0.15, -0.1) is 8.78 Å². The maximum absolute atomic E-state index is 13.1. The number of benzene rings is 1. The number of fused-ring (bicyclic) bond motifs is 2. The Morgan fingerprint density at radius 2 is 1.78 bits per heavy atom. The SMILES string of the molecule is O=C(/C=C/c1ccc2c(c1)OC(F)(F)O2)N1CCN(C(=O)c2cnc3[nH]ncc3c2)CC1. The Bertz CT molecular complexity index is 1230. The molecule has 0 bridgehead atoms. The fourth-order valence-corrected chi connectivity index (χ4v) is 3.61. The largest absolute Gasteiger partial charge is 0.586 e. The monoisotopic (exact) mass is 441 g/mol. The molecule has 0 unspecified atom stereocenters. The summed E-state index contributed by atoms with van der Waals surface area (Å²) in [5.41, 5.74) is 1.60. The molecule has 2 amide bonds. The predicted molar refractivity (Wildman–Crippen MR) is 108 cm³/mol. The van der Waals surface area contributed by atoms with E-state index in [-0.39, 0.29) is 23.3 Å². The highest BCUT2D eigenvalue weighted by Gasteiger charge is 2.43. The number of H-pyrrole nitrogens is 1. The summed E-state index contributed by atoms with van der Waals surface area (Å²) >= 11 is 0. The average Bonchev–Trinajstić information content (AvgIpc) is 3.38. The summed E-state index contributed by atoms with van der Waals surface area (Å²) in [7, 11) is 0. The summed E-state index contributed by atoms with van der Waals surface area (Å²) < 4.78 is 35.0. The Labute approximate surface area is 180 Å². The molecule has 3 aromatic rings. The number of alkyl halides is 2.